The number of carbonyl (C=O) groups is 3. The number of nitrogens with zero attached hydrogens (tertiary/aromatic N) is 2. The second-order valence-corrected chi connectivity index (χ2v) is 5.41. The van der Waals surface area contributed by atoms with Gasteiger partial charge < -0.3 is 25.0 Å². The Morgan fingerprint density at radius 3 is 2.57 bits per heavy atom. The van der Waals surface area contributed by atoms with Crippen molar-refractivity contribution in [3.63, 3.8) is 0 Å². The van der Waals surface area contributed by atoms with Gasteiger partial charge in [-0.3, -0.25) is 9.59 Å². The number of carbonyl (C=O) groups excluding carboxylic acids is 3. The standard InChI is InChI=1S/C15H25N3O5/c1-4-17-6-7-18(14(21)13(17)20)10-12(19)9-16-5-8-23-15(22)11(2)3/h12,16,19H,2,4-10H2,1,3H3. The third-order valence-corrected chi connectivity index (χ3v) is 3.45. The largest absolute Gasteiger partial charge is 0.461 e. The van der Waals surface area contributed by atoms with E-state index in [2.05, 4.69) is 11.9 Å². The topological polar surface area (TPSA) is 99.2 Å². The van der Waals surface area contributed by atoms with Crippen LogP contribution in [0.15, 0.2) is 12.2 Å². The minimum Gasteiger partial charge on any atom is -0.461 e. The molecule has 1 saturated heterocycles. The fourth-order valence-corrected chi connectivity index (χ4v) is 2.12. The molecular weight excluding hydrogens is 302 g/mol. The maximum Gasteiger partial charge on any atom is 0.333 e. The zero-order valence-electron chi connectivity index (χ0n) is 13.7. The Morgan fingerprint density at radius 2 is 1.96 bits per heavy atom. The molecule has 0 aromatic rings. The molecule has 1 heterocycles. The molecule has 0 saturated carbocycles. The van der Waals surface area contributed by atoms with Crippen LogP contribution >= 0.6 is 0 Å². The number of ether oxygens (including phenoxy) is 1. The van der Waals surface area contributed by atoms with Crippen LogP contribution in [0.5, 0.6) is 0 Å². The van der Waals surface area contributed by atoms with Gasteiger partial charge in [-0.25, -0.2) is 4.79 Å². The maximum absolute atomic E-state index is 11.9. The number of amides is 2. The molecule has 8 heteroatoms. The molecule has 23 heavy (non-hydrogen) atoms. The summed E-state index contributed by atoms with van der Waals surface area (Å²) in [5.41, 5.74) is 0.333. The van der Waals surface area contributed by atoms with Crippen LogP contribution < -0.4 is 5.32 Å². The van der Waals surface area contributed by atoms with E-state index in [0.29, 0.717) is 31.8 Å². The summed E-state index contributed by atoms with van der Waals surface area (Å²) in [6.07, 6.45) is -0.795. The summed E-state index contributed by atoms with van der Waals surface area (Å²) >= 11 is 0. The number of β-amino-alcohol motifs (C(OH)–C–C–N with tert-alkyl or cyclic N) is 1. The predicted octanol–water partition coefficient (Wildman–Crippen LogP) is -1.25. The lowest BCUT2D eigenvalue weighted by atomic mass is 10.2. The molecule has 0 aromatic carbocycles. The van der Waals surface area contributed by atoms with E-state index >= 15 is 0 Å². The fraction of sp³-hybridized carbons (Fsp3) is 0.667. The van der Waals surface area contributed by atoms with Gasteiger partial charge in [-0.1, -0.05) is 6.58 Å². The van der Waals surface area contributed by atoms with E-state index in [1.807, 2.05) is 6.92 Å². The van der Waals surface area contributed by atoms with E-state index in [4.69, 9.17) is 4.74 Å². The Hall–Kier alpha value is -1.93. The van der Waals surface area contributed by atoms with E-state index in [9.17, 15) is 19.5 Å². The minimum atomic E-state index is -0.795. The lowest BCUT2D eigenvalue weighted by Gasteiger charge is -2.34. The average molecular weight is 327 g/mol. The molecule has 1 fully saturated rings. The zero-order valence-corrected chi connectivity index (χ0v) is 13.7. The van der Waals surface area contributed by atoms with Crippen LogP contribution in [-0.4, -0.2) is 84.7 Å². The molecular formula is C15H25N3O5. The van der Waals surface area contributed by atoms with E-state index < -0.39 is 23.9 Å². The third kappa shape index (κ3) is 5.99. The number of aliphatic hydroxyl groups excluding tert-OH is 1. The van der Waals surface area contributed by atoms with Crippen molar-refractivity contribution in [2.75, 3.05) is 45.9 Å². The summed E-state index contributed by atoms with van der Waals surface area (Å²) < 4.78 is 4.89. The van der Waals surface area contributed by atoms with Crippen LogP contribution in [0.25, 0.3) is 0 Å². The van der Waals surface area contributed by atoms with E-state index in [-0.39, 0.29) is 19.7 Å². The lowest BCUT2D eigenvalue weighted by molar-refractivity contribution is -0.156. The van der Waals surface area contributed by atoms with Gasteiger partial charge in [0, 0.05) is 44.8 Å². The van der Waals surface area contributed by atoms with Gasteiger partial charge in [0.05, 0.1) is 6.10 Å². The SMILES string of the molecule is C=C(C)C(=O)OCCNCC(O)CN1CCN(CC)C(=O)C1=O. The smallest absolute Gasteiger partial charge is 0.333 e. The predicted molar refractivity (Wildman–Crippen MR) is 83.5 cm³/mol. The van der Waals surface area contributed by atoms with Gasteiger partial charge in [0.25, 0.3) is 0 Å². The van der Waals surface area contributed by atoms with Crippen molar-refractivity contribution in [2.24, 2.45) is 0 Å². The van der Waals surface area contributed by atoms with Gasteiger partial charge in [0.15, 0.2) is 0 Å². The summed E-state index contributed by atoms with van der Waals surface area (Å²) in [7, 11) is 0. The first-order chi connectivity index (χ1) is 10.9. The Morgan fingerprint density at radius 1 is 1.35 bits per heavy atom. The minimum absolute atomic E-state index is 0.0979. The van der Waals surface area contributed by atoms with Crippen molar-refractivity contribution >= 4 is 17.8 Å². The molecule has 0 aliphatic carbocycles. The molecule has 1 atom stereocenters. The molecule has 8 nitrogen and oxygen atoms in total. The number of hydrogen-bond donors (Lipinski definition) is 2. The summed E-state index contributed by atoms with van der Waals surface area (Å²) in [4.78, 5) is 37.6. The van der Waals surface area contributed by atoms with Gasteiger partial charge >= 0.3 is 17.8 Å². The van der Waals surface area contributed by atoms with E-state index in [1.165, 1.54) is 9.80 Å². The number of rotatable bonds is 9. The zero-order chi connectivity index (χ0) is 17.4. The van der Waals surface area contributed by atoms with Crippen LogP contribution in [0.2, 0.25) is 0 Å². The van der Waals surface area contributed by atoms with E-state index in [0.717, 1.165) is 0 Å². The van der Waals surface area contributed by atoms with Crippen LogP contribution in [0.4, 0.5) is 0 Å². The van der Waals surface area contributed by atoms with Crippen LogP contribution in [0, 0.1) is 0 Å². The molecule has 1 rings (SSSR count). The molecule has 2 amide bonds. The first kappa shape index (κ1) is 19.1. The second-order valence-electron chi connectivity index (χ2n) is 5.41. The van der Waals surface area contributed by atoms with Crippen molar-refractivity contribution in [2.45, 2.75) is 20.0 Å². The molecule has 1 aliphatic rings. The van der Waals surface area contributed by atoms with Gasteiger partial charge in [0.2, 0.25) is 0 Å². The first-order valence-corrected chi connectivity index (χ1v) is 7.66. The van der Waals surface area contributed by atoms with Crippen molar-refractivity contribution in [1.29, 1.82) is 0 Å². The van der Waals surface area contributed by atoms with Crippen molar-refractivity contribution in [3.8, 4) is 0 Å². The second kappa shape index (κ2) is 9.26. The molecule has 2 N–H and O–H groups in total. The lowest BCUT2D eigenvalue weighted by Crippen LogP contribution is -2.56. The van der Waals surface area contributed by atoms with Crippen LogP contribution in [0.3, 0.4) is 0 Å². The highest BCUT2D eigenvalue weighted by Crippen LogP contribution is 2.05. The quantitative estimate of drug-likeness (QED) is 0.238. The molecule has 130 valence electrons. The van der Waals surface area contributed by atoms with Gasteiger partial charge in [-0.2, -0.15) is 0 Å². The molecule has 0 radical (unpaired) electrons. The number of aliphatic hydroxyl groups is 1. The third-order valence-electron chi connectivity index (χ3n) is 3.45. The van der Waals surface area contributed by atoms with Gasteiger partial charge in [-0.15, -0.1) is 0 Å². The highest BCUT2D eigenvalue weighted by Gasteiger charge is 2.32. The Kier molecular flexibility index (Phi) is 7.70. The average Bonchev–Trinajstić information content (AvgIpc) is 2.51. The maximum atomic E-state index is 11.9. The molecule has 1 aliphatic heterocycles. The number of nitrogens with one attached hydrogen (secondary N) is 1. The Bertz CT molecular complexity index is 466. The highest BCUT2D eigenvalue weighted by molar-refractivity contribution is 6.35. The van der Waals surface area contributed by atoms with Crippen molar-refractivity contribution in [1.82, 2.24) is 15.1 Å². The molecule has 0 bridgehead atoms. The van der Waals surface area contributed by atoms with Crippen LogP contribution in [-0.2, 0) is 19.1 Å². The normalized spacial score (nSPS) is 16.5. The summed E-state index contributed by atoms with van der Waals surface area (Å²) in [6, 6.07) is 0. The highest BCUT2D eigenvalue weighted by atomic mass is 16.5. The molecule has 0 aromatic heterocycles. The van der Waals surface area contributed by atoms with Crippen LogP contribution in [0.1, 0.15) is 13.8 Å². The molecule has 1 unspecified atom stereocenters. The summed E-state index contributed by atoms with van der Waals surface area (Å²) in [5, 5.41) is 12.8. The Labute approximate surface area is 136 Å². The number of hydrogen-bond acceptors (Lipinski definition) is 6. The van der Waals surface area contributed by atoms with Gasteiger partial charge in [-0.05, 0) is 13.8 Å². The number of piperazine rings is 1. The van der Waals surface area contributed by atoms with Crippen molar-refractivity contribution < 1.29 is 24.2 Å². The summed E-state index contributed by atoms with van der Waals surface area (Å²) in [6.45, 7) is 9.15. The monoisotopic (exact) mass is 327 g/mol. The van der Waals surface area contributed by atoms with Crippen molar-refractivity contribution in [3.05, 3.63) is 12.2 Å². The van der Waals surface area contributed by atoms with E-state index in [1.54, 1.807) is 6.92 Å². The number of likely N-dealkylation sites (N-methyl/N-ethyl adjacent to an activating group) is 1. The van der Waals surface area contributed by atoms with Gasteiger partial charge in [0.1, 0.15) is 6.61 Å². The first-order valence-electron chi connectivity index (χ1n) is 7.66. The summed E-state index contributed by atoms with van der Waals surface area (Å²) in [5.74, 6) is -1.55. The fourth-order valence-electron chi connectivity index (χ4n) is 2.12. The number of esters is 1. The Balaban J connectivity index is 2.23. The molecule has 0 spiro atoms.